The fourth-order valence-corrected chi connectivity index (χ4v) is 2.83. The number of sulfonamides is 1. The van der Waals surface area contributed by atoms with Gasteiger partial charge in [0.2, 0.25) is 10.0 Å². The number of benzene rings is 2. The van der Waals surface area contributed by atoms with E-state index in [0.717, 1.165) is 12.5 Å². The molecule has 0 fully saturated rings. The topological polar surface area (TPSA) is 117 Å². The van der Waals surface area contributed by atoms with Gasteiger partial charge in [-0.05, 0) is 23.9 Å². The molecule has 1 N–H and O–H groups in total. The number of nitrogens with one attached hydrogen (secondary N) is 1. The van der Waals surface area contributed by atoms with Crippen molar-refractivity contribution in [3.63, 3.8) is 0 Å². The Morgan fingerprint density at radius 2 is 1.89 bits per heavy atom. The summed E-state index contributed by atoms with van der Waals surface area (Å²) in [6.45, 7) is 0. The van der Waals surface area contributed by atoms with Gasteiger partial charge in [0.25, 0.3) is 0 Å². The molecule has 27 heavy (non-hydrogen) atoms. The first kappa shape index (κ1) is 21.0. The van der Waals surface area contributed by atoms with Gasteiger partial charge in [0.05, 0.1) is 23.6 Å². The number of carbonyl (C=O) groups excluding carboxylic acids is 1. The van der Waals surface area contributed by atoms with Gasteiger partial charge in [0, 0.05) is 12.5 Å². The monoisotopic (exact) mass is 396 g/mol. The zero-order chi connectivity index (χ0) is 18.7. The van der Waals surface area contributed by atoms with Crippen molar-refractivity contribution in [1.29, 1.82) is 0 Å². The second kappa shape index (κ2) is 8.57. The molecule has 0 radical (unpaired) electrons. The summed E-state index contributed by atoms with van der Waals surface area (Å²) in [4.78, 5) is 22.9. The maximum Gasteiger partial charge on any atom is 1.00 e. The van der Waals surface area contributed by atoms with Gasteiger partial charge in [-0.2, -0.15) is 0 Å². The van der Waals surface area contributed by atoms with Gasteiger partial charge in [0.1, 0.15) is 11.3 Å². The van der Waals surface area contributed by atoms with Crippen LogP contribution in [0.2, 0.25) is 0 Å². The van der Waals surface area contributed by atoms with E-state index >= 15 is 0 Å². The van der Waals surface area contributed by atoms with Crippen molar-refractivity contribution in [1.82, 2.24) is 0 Å². The Hall–Kier alpha value is -2.33. The third-order valence-corrected chi connectivity index (χ3v) is 3.91. The van der Waals surface area contributed by atoms with Crippen LogP contribution in [-0.4, -0.2) is 21.1 Å². The molecule has 2 aromatic carbocycles. The number of anilines is 1. The van der Waals surface area contributed by atoms with Crippen molar-refractivity contribution >= 4 is 38.8 Å². The smallest absolute Gasteiger partial charge is 0.624 e. The molecule has 3 aromatic rings. The van der Waals surface area contributed by atoms with Gasteiger partial charge in [-0.25, -0.2) is 8.42 Å². The van der Waals surface area contributed by atoms with Crippen molar-refractivity contribution in [3.05, 3.63) is 64.3 Å². The van der Waals surface area contributed by atoms with Gasteiger partial charge in [-0.1, -0.05) is 18.2 Å². The number of ether oxygens (including phenoxy) is 1. The predicted molar refractivity (Wildman–Crippen MR) is 96.5 cm³/mol. The van der Waals surface area contributed by atoms with Gasteiger partial charge in [-0.3, -0.25) is 9.52 Å². The van der Waals surface area contributed by atoms with Gasteiger partial charge in [0.15, 0.2) is 11.2 Å². The molecule has 0 aliphatic heterocycles. The van der Waals surface area contributed by atoms with E-state index in [1.807, 2.05) is 0 Å². The molecule has 0 saturated heterocycles. The maximum absolute atomic E-state index is 12.4. The number of hydrogen-bond donors (Lipinski definition) is 1. The van der Waals surface area contributed by atoms with Gasteiger partial charge >= 0.3 is 29.6 Å². The van der Waals surface area contributed by atoms with E-state index in [9.17, 15) is 18.0 Å². The van der Waals surface area contributed by atoms with Crippen molar-refractivity contribution in [2.24, 2.45) is 0 Å². The number of rotatable bonds is 6. The fraction of sp³-hybridized carbons (Fsp3) is 0.0588. The van der Waals surface area contributed by atoms with Crippen LogP contribution in [0.4, 0.5) is 11.4 Å². The Balaban J connectivity index is 0.00000261. The first-order valence-electron chi connectivity index (χ1n) is 7.32. The van der Waals surface area contributed by atoms with Crippen LogP contribution in [-0.2, 0) is 14.8 Å². The molecule has 0 unspecified atom stereocenters. The van der Waals surface area contributed by atoms with Crippen LogP contribution >= 0.6 is 0 Å². The summed E-state index contributed by atoms with van der Waals surface area (Å²) in [5.74, 6) is 0.547. The molecule has 0 saturated carbocycles. The average molecular weight is 396 g/mol. The summed E-state index contributed by atoms with van der Waals surface area (Å²) >= 11 is 0. The van der Waals surface area contributed by atoms with Crippen molar-refractivity contribution in [2.75, 3.05) is 11.0 Å². The number of nitrogens with zero attached hydrogens (tertiary/aromatic N) is 1. The fourth-order valence-electron chi connectivity index (χ4n) is 2.27. The van der Waals surface area contributed by atoms with Crippen molar-refractivity contribution in [3.8, 4) is 11.5 Å². The minimum Gasteiger partial charge on any atom is -0.624 e. The summed E-state index contributed by atoms with van der Waals surface area (Å²) in [5, 5.41) is 3.51. The van der Waals surface area contributed by atoms with Gasteiger partial charge in [-0.15, -0.1) is 0 Å². The molecular formula is C17H13N2NaO6S. The number of hydrogen-bond acceptors (Lipinski definition) is 6. The summed E-state index contributed by atoms with van der Waals surface area (Å²) in [6, 6.07) is 11.3. The molecule has 8 nitrogen and oxygen atoms in total. The van der Waals surface area contributed by atoms with Crippen LogP contribution in [0.3, 0.4) is 0 Å². The third kappa shape index (κ3) is 5.10. The van der Waals surface area contributed by atoms with E-state index in [1.54, 1.807) is 30.3 Å². The Kier molecular flexibility index (Phi) is 6.66. The van der Waals surface area contributed by atoms with E-state index < -0.39 is 15.5 Å². The Bertz CT molecular complexity index is 1130. The Labute approximate surface area is 176 Å². The van der Waals surface area contributed by atoms with Crippen LogP contribution < -0.4 is 44.4 Å². The quantitative estimate of drug-likeness (QED) is 0.467. The van der Waals surface area contributed by atoms with Crippen LogP contribution in [0.5, 0.6) is 11.5 Å². The van der Waals surface area contributed by atoms with Crippen LogP contribution in [0.1, 0.15) is 0 Å². The van der Waals surface area contributed by atoms with E-state index in [2.05, 4.69) is 10.0 Å². The normalized spacial score (nSPS) is 10.7. The molecule has 1 amide bonds. The second-order valence-corrected chi connectivity index (χ2v) is 7.07. The van der Waals surface area contributed by atoms with Crippen LogP contribution in [0.25, 0.3) is 16.3 Å². The minimum absolute atomic E-state index is 0. The maximum atomic E-state index is 12.4. The summed E-state index contributed by atoms with van der Waals surface area (Å²) in [7, 11) is -3.60. The van der Waals surface area contributed by atoms with E-state index in [-0.39, 0.29) is 64.1 Å². The zero-order valence-corrected chi connectivity index (χ0v) is 17.3. The standard InChI is InChI=1S/C17H14N2O6S.Na/c1-26(22,23)19-13-8-15-12(17(21)14(9-24-15)18-10-20)7-16(13)25-11-5-3-2-4-6-11;/h2-10H,1H3,(H2,18,19,20,21);/q;+1/p-1. The van der Waals surface area contributed by atoms with E-state index in [0.29, 0.717) is 5.75 Å². The molecule has 0 bridgehead atoms. The molecule has 0 atom stereocenters. The summed E-state index contributed by atoms with van der Waals surface area (Å²) in [6.07, 6.45) is 2.26. The molecular weight excluding hydrogens is 383 g/mol. The van der Waals surface area contributed by atoms with E-state index in [4.69, 9.17) is 9.15 Å². The number of fused-ring (bicyclic) bond motifs is 1. The zero-order valence-electron chi connectivity index (χ0n) is 14.5. The van der Waals surface area contributed by atoms with E-state index in [1.165, 1.54) is 12.1 Å². The molecule has 3 rings (SSSR count). The molecule has 1 aromatic heterocycles. The first-order chi connectivity index (χ1) is 12.4. The Morgan fingerprint density at radius 3 is 2.52 bits per heavy atom. The number of para-hydroxylation sites is 1. The summed E-state index contributed by atoms with van der Waals surface area (Å²) in [5.41, 5.74) is -0.484. The minimum atomic E-state index is -3.60. The molecule has 134 valence electrons. The largest absolute Gasteiger partial charge is 1.00 e. The molecule has 0 aliphatic rings. The van der Waals surface area contributed by atoms with Crippen molar-refractivity contribution < 1.29 is 51.9 Å². The third-order valence-electron chi connectivity index (χ3n) is 3.31. The molecule has 10 heteroatoms. The molecule has 0 spiro atoms. The molecule has 0 aliphatic carbocycles. The summed E-state index contributed by atoms with van der Waals surface area (Å²) < 4.78 is 36.6. The van der Waals surface area contributed by atoms with Gasteiger partial charge < -0.3 is 19.3 Å². The number of amides is 1. The van der Waals surface area contributed by atoms with Crippen LogP contribution in [0, 0.1) is 0 Å². The number of carbonyl (C=O) groups is 1. The average Bonchev–Trinajstić information content (AvgIpc) is 2.58. The second-order valence-electron chi connectivity index (χ2n) is 5.32. The Morgan fingerprint density at radius 1 is 1.19 bits per heavy atom. The molecule has 1 heterocycles. The SMILES string of the molecule is CS(=O)(=O)Nc1cc2occ([N-]C=O)c(=O)c2cc1Oc1ccccc1.[Na+]. The first-order valence-corrected chi connectivity index (χ1v) is 9.21. The van der Waals surface area contributed by atoms with Crippen molar-refractivity contribution in [2.45, 2.75) is 0 Å². The van der Waals surface area contributed by atoms with Crippen LogP contribution in [0.15, 0.2) is 57.9 Å². The predicted octanol–water partition coefficient (Wildman–Crippen LogP) is 0.122.